The van der Waals surface area contributed by atoms with Crippen LogP contribution in [0.5, 0.6) is 0 Å². The van der Waals surface area contributed by atoms with Gasteiger partial charge in [0.05, 0.1) is 33.3 Å². The summed E-state index contributed by atoms with van der Waals surface area (Å²) in [6.45, 7) is 0. The summed E-state index contributed by atoms with van der Waals surface area (Å²) >= 11 is 3.20. The Kier molecular flexibility index (Phi) is 3.09. The maximum absolute atomic E-state index is 13.7. The number of nitrogens with one attached hydrogen (secondary N) is 1. The molecule has 7 heteroatoms. The third-order valence-corrected chi connectivity index (χ3v) is 4.96. The van der Waals surface area contributed by atoms with E-state index in [1.165, 1.54) is 6.07 Å². The fourth-order valence-electron chi connectivity index (χ4n) is 3.09. The fourth-order valence-corrected chi connectivity index (χ4v) is 3.43. The molecular weight excluding hydrogens is 353 g/mol. The van der Waals surface area contributed by atoms with E-state index in [0.29, 0.717) is 15.5 Å². The Hall–Kier alpha value is -1.73. The summed E-state index contributed by atoms with van der Waals surface area (Å²) in [5, 5.41) is 0.755. The Bertz CT molecular complexity index is 943. The minimum Gasteiger partial charge on any atom is -0.381 e. The number of hydrogen-bond donors (Lipinski definition) is 1. The number of methoxy groups -OCH3 is 1. The molecule has 2 aromatic heterocycles. The highest BCUT2D eigenvalue weighted by atomic mass is 79.9. The van der Waals surface area contributed by atoms with E-state index >= 15 is 0 Å². The first kappa shape index (κ1) is 13.9. The van der Waals surface area contributed by atoms with Crippen molar-refractivity contribution in [2.24, 2.45) is 0 Å². The molecule has 4 rings (SSSR count). The number of H-pyrrole nitrogens is 1. The molecule has 1 aliphatic rings. The maximum atomic E-state index is 13.7. The number of ether oxygens (including phenoxy) is 1. The molecule has 2 heterocycles. The standard InChI is InChI=1S/C15H13BrFN3O2/c1-22-8-2-7(3-8)20-14-9-4-10(16)11(17)5-12(9)18-6-13(14)19-15(20)21/h4-8H,2-3H2,1H3,(H,19,21). The maximum Gasteiger partial charge on any atom is 0.326 e. The molecule has 0 saturated heterocycles. The summed E-state index contributed by atoms with van der Waals surface area (Å²) < 4.78 is 21.1. The van der Waals surface area contributed by atoms with E-state index in [4.69, 9.17) is 4.74 Å². The van der Waals surface area contributed by atoms with Crippen molar-refractivity contribution in [3.05, 3.63) is 39.1 Å². The summed E-state index contributed by atoms with van der Waals surface area (Å²) in [6.07, 6.45) is 3.37. The van der Waals surface area contributed by atoms with Crippen LogP contribution in [0.2, 0.25) is 0 Å². The normalized spacial score (nSPS) is 21.4. The highest BCUT2D eigenvalue weighted by Crippen LogP contribution is 2.37. The van der Waals surface area contributed by atoms with E-state index in [1.54, 1.807) is 23.9 Å². The second kappa shape index (κ2) is 4.89. The van der Waals surface area contributed by atoms with Gasteiger partial charge >= 0.3 is 5.69 Å². The number of hydrogen-bond acceptors (Lipinski definition) is 3. The zero-order chi connectivity index (χ0) is 15.4. The van der Waals surface area contributed by atoms with E-state index < -0.39 is 0 Å². The Morgan fingerprint density at radius 2 is 2.23 bits per heavy atom. The first-order valence-corrected chi connectivity index (χ1v) is 7.78. The van der Waals surface area contributed by atoms with E-state index in [9.17, 15) is 9.18 Å². The Morgan fingerprint density at radius 3 is 2.95 bits per heavy atom. The fraction of sp³-hybridized carbons (Fsp3) is 0.333. The van der Waals surface area contributed by atoms with Crippen LogP contribution in [-0.2, 0) is 4.74 Å². The molecule has 0 bridgehead atoms. The third-order valence-electron chi connectivity index (χ3n) is 4.35. The largest absolute Gasteiger partial charge is 0.381 e. The van der Waals surface area contributed by atoms with Crippen LogP contribution in [0.15, 0.2) is 27.6 Å². The number of rotatable bonds is 2. The number of imidazole rings is 1. The van der Waals surface area contributed by atoms with Crippen molar-refractivity contribution in [2.45, 2.75) is 25.0 Å². The molecule has 1 N–H and O–H groups in total. The van der Waals surface area contributed by atoms with Crippen LogP contribution in [0.25, 0.3) is 21.9 Å². The van der Waals surface area contributed by atoms with Crippen LogP contribution in [0.4, 0.5) is 4.39 Å². The Balaban J connectivity index is 2.00. The highest BCUT2D eigenvalue weighted by molar-refractivity contribution is 9.10. The van der Waals surface area contributed by atoms with Crippen molar-refractivity contribution in [1.29, 1.82) is 0 Å². The van der Waals surface area contributed by atoms with Gasteiger partial charge in [-0.15, -0.1) is 0 Å². The number of nitrogens with zero attached hydrogens (tertiary/aromatic N) is 2. The van der Waals surface area contributed by atoms with Crippen molar-refractivity contribution < 1.29 is 9.13 Å². The molecule has 0 aliphatic heterocycles. The summed E-state index contributed by atoms with van der Waals surface area (Å²) in [5.41, 5.74) is 1.81. The average Bonchev–Trinajstić information content (AvgIpc) is 2.76. The lowest BCUT2D eigenvalue weighted by atomic mass is 9.89. The monoisotopic (exact) mass is 365 g/mol. The van der Waals surface area contributed by atoms with Gasteiger partial charge in [0, 0.05) is 24.6 Å². The number of benzene rings is 1. The molecule has 1 aliphatic carbocycles. The van der Waals surface area contributed by atoms with E-state index in [0.717, 1.165) is 23.7 Å². The van der Waals surface area contributed by atoms with Crippen molar-refractivity contribution in [3.63, 3.8) is 0 Å². The SMILES string of the molecule is COC1CC(n2c(=O)[nH]c3cnc4cc(F)c(Br)cc4c32)C1. The third kappa shape index (κ3) is 1.92. The van der Waals surface area contributed by atoms with Gasteiger partial charge in [-0.2, -0.15) is 0 Å². The summed E-state index contributed by atoms with van der Waals surface area (Å²) in [6, 6.07) is 3.15. The van der Waals surface area contributed by atoms with E-state index in [2.05, 4.69) is 25.9 Å². The highest BCUT2D eigenvalue weighted by Gasteiger charge is 2.33. The minimum absolute atomic E-state index is 0.0978. The quantitative estimate of drug-likeness (QED) is 0.758. The summed E-state index contributed by atoms with van der Waals surface area (Å²) in [5.74, 6) is -0.369. The molecule has 1 fully saturated rings. The van der Waals surface area contributed by atoms with Crippen molar-refractivity contribution in [2.75, 3.05) is 7.11 Å². The molecule has 5 nitrogen and oxygen atoms in total. The van der Waals surface area contributed by atoms with Crippen LogP contribution in [0, 0.1) is 5.82 Å². The van der Waals surface area contributed by atoms with E-state index in [-0.39, 0.29) is 23.7 Å². The molecule has 0 unspecified atom stereocenters. The van der Waals surface area contributed by atoms with Gasteiger partial charge in [0.2, 0.25) is 0 Å². The zero-order valence-corrected chi connectivity index (χ0v) is 13.4. The average molecular weight is 366 g/mol. The summed E-state index contributed by atoms with van der Waals surface area (Å²) in [7, 11) is 1.68. The summed E-state index contributed by atoms with van der Waals surface area (Å²) in [4.78, 5) is 19.4. The van der Waals surface area contributed by atoms with Crippen LogP contribution >= 0.6 is 15.9 Å². The smallest absolute Gasteiger partial charge is 0.326 e. The van der Waals surface area contributed by atoms with Gasteiger partial charge in [0.15, 0.2) is 0 Å². The molecule has 0 amide bonds. The first-order valence-electron chi connectivity index (χ1n) is 6.99. The molecule has 1 saturated carbocycles. The predicted octanol–water partition coefficient (Wildman–Crippen LogP) is 3.13. The van der Waals surface area contributed by atoms with Gasteiger partial charge in [0.1, 0.15) is 5.82 Å². The van der Waals surface area contributed by atoms with Crippen LogP contribution in [-0.4, -0.2) is 27.7 Å². The van der Waals surface area contributed by atoms with Gasteiger partial charge < -0.3 is 9.72 Å². The van der Waals surface area contributed by atoms with Gasteiger partial charge in [-0.3, -0.25) is 9.55 Å². The predicted molar refractivity (Wildman–Crippen MR) is 84.6 cm³/mol. The zero-order valence-electron chi connectivity index (χ0n) is 11.8. The number of aromatic nitrogens is 3. The van der Waals surface area contributed by atoms with Crippen molar-refractivity contribution in [3.8, 4) is 0 Å². The molecule has 0 radical (unpaired) electrons. The van der Waals surface area contributed by atoms with Crippen LogP contribution < -0.4 is 5.69 Å². The lowest BCUT2D eigenvalue weighted by molar-refractivity contribution is 0.00653. The second-order valence-electron chi connectivity index (χ2n) is 5.59. The first-order chi connectivity index (χ1) is 10.6. The number of aromatic amines is 1. The van der Waals surface area contributed by atoms with Gasteiger partial charge in [-0.1, -0.05) is 0 Å². The molecule has 1 aromatic carbocycles. The number of pyridine rings is 1. The van der Waals surface area contributed by atoms with Crippen molar-refractivity contribution >= 4 is 37.9 Å². The molecule has 3 aromatic rings. The molecule has 0 spiro atoms. The minimum atomic E-state index is -0.369. The van der Waals surface area contributed by atoms with Crippen LogP contribution in [0.3, 0.4) is 0 Å². The Morgan fingerprint density at radius 1 is 1.45 bits per heavy atom. The second-order valence-corrected chi connectivity index (χ2v) is 6.44. The number of halogens is 2. The van der Waals surface area contributed by atoms with Gasteiger partial charge in [-0.25, -0.2) is 9.18 Å². The van der Waals surface area contributed by atoms with Gasteiger partial charge in [-0.05, 0) is 34.8 Å². The lowest BCUT2D eigenvalue weighted by Gasteiger charge is -2.34. The lowest BCUT2D eigenvalue weighted by Crippen LogP contribution is -2.36. The molecular formula is C15H13BrFN3O2. The van der Waals surface area contributed by atoms with Crippen molar-refractivity contribution in [1.82, 2.24) is 14.5 Å². The van der Waals surface area contributed by atoms with Crippen LogP contribution in [0.1, 0.15) is 18.9 Å². The number of fused-ring (bicyclic) bond motifs is 3. The molecule has 114 valence electrons. The topological polar surface area (TPSA) is 59.9 Å². The van der Waals surface area contributed by atoms with Gasteiger partial charge in [0.25, 0.3) is 0 Å². The molecule has 0 atom stereocenters. The van der Waals surface area contributed by atoms with E-state index in [1.807, 2.05) is 0 Å². The molecule has 22 heavy (non-hydrogen) atoms. The Labute approximate surface area is 133 Å².